The Labute approximate surface area is 156 Å². The number of rotatable bonds is 1. The summed E-state index contributed by atoms with van der Waals surface area (Å²) >= 11 is 0. The molecule has 0 nitrogen and oxygen atoms in total. The van der Waals surface area contributed by atoms with Gasteiger partial charge in [-0.25, -0.2) is 0 Å². The van der Waals surface area contributed by atoms with Crippen molar-refractivity contribution in [3.8, 4) is 0 Å². The molecule has 0 aliphatic heterocycles. The van der Waals surface area contributed by atoms with E-state index in [9.17, 15) is 0 Å². The van der Waals surface area contributed by atoms with Crippen LogP contribution in [0.25, 0.3) is 0 Å². The quantitative estimate of drug-likeness (QED) is 0.428. The van der Waals surface area contributed by atoms with Crippen LogP contribution in [0.4, 0.5) is 0 Å². The highest BCUT2D eigenvalue weighted by Crippen LogP contribution is 2.54. The van der Waals surface area contributed by atoms with Crippen LogP contribution in [0.5, 0.6) is 0 Å². The maximum Gasteiger partial charge on any atom is 0.000714 e. The minimum Gasteiger partial charge on any atom is -0.0847 e. The molecule has 3 rings (SSSR count). The van der Waals surface area contributed by atoms with Gasteiger partial charge in [0.1, 0.15) is 0 Å². The van der Waals surface area contributed by atoms with Crippen LogP contribution >= 0.6 is 0 Å². The normalized spacial score (nSPS) is 46.0. The van der Waals surface area contributed by atoms with E-state index in [4.69, 9.17) is 0 Å². The Bertz CT molecular complexity index is 573. The fourth-order valence-electron chi connectivity index (χ4n) is 6.06. The Hall–Kier alpha value is -0.780. The summed E-state index contributed by atoms with van der Waals surface area (Å²) in [5.74, 6) is 4.09. The van der Waals surface area contributed by atoms with Crippen LogP contribution in [0.1, 0.15) is 86.5 Å². The minimum absolute atomic E-state index is 0.502. The average molecular weight is 341 g/mol. The molecule has 0 N–H and O–H groups in total. The summed E-state index contributed by atoms with van der Waals surface area (Å²) in [4.78, 5) is 0. The lowest BCUT2D eigenvalue weighted by atomic mass is 9.70. The van der Waals surface area contributed by atoms with Gasteiger partial charge in [-0.2, -0.15) is 0 Å². The van der Waals surface area contributed by atoms with Crippen molar-refractivity contribution in [2.75, 3.05) is 0 Å². The van der Waals surface area contributed by atoms with E-state index >= 15 is 0 Å². The van der Waals surface area contributed by atoms with Gasteiger partial charge in [-0.05, 0) is 87.9 Å². The minimum atomic E-state index is 0.502. The van der Waals surface area contributed by atoms with Gasteiger partial charge in [0.2, 0.25) is 0 Å². The molecular weight excluding hydrogens is 300 g/mol. The van der Waals surface area contributed by atoms with Crippen molar-refractivity contribution < 1.29 is 0 Å². The number of hydrogen-bond donors (Lipinski definition) is 0. The predicted octanol–water partition coefficient (Wildman–Crippen LogP) is 7.72. The molecule has 2 saturated carbocycles. The topological polar surface area (TPSA) is 0 Å². The molecule has 3 aliphatic rings. The monoisotopic (exact) mass is 340 g/mol. The van der Waals surface area contributed by atoms with Gasteiger partial charge in [0.15, 0.2) is 0 Å². The maximum absolute atomic E-state index is 2.65. The lowest BCUT2D eigenvalue weighted by molar-refractivity contribution is 0.170. The summed E-state index contributed by atoms with van der Waals surface area (Å²) in [6, 6.07) is 0. The highest BCUT2D eigenvalue weighted by molar-refractivity contribution is 5.27. The summed E-state index contributed by atoms with van der Waals surface area (Å²) < 4.78 is 0. The van der Waals surface area contributed by atoms with Crippen LogP contribution < -0.4 is 0 Å². The van der Waals surface area contributed by atoms with Gasteiger partial charge in [-0.3, -0.25) is 0 Å². The van der Waals surface area contributed by atoms with Gasteiger partial charge in [0, 0.05) is 5.92 Å². The first-order chi connectivity index (χ1) is 11.8. The Morgan fingerprint density at radius 1 is 1.04 bits per heavy atom. The zero-order valence-corrected chi connectivity index (χ0v) is 17.6. The van der Waals surface area contributed by atoms with Crippen LogP contribution in [0.3, 0.4) is 0 Å². The molecule has 2 fully saturated rings. The van der Waals surface area contributed by atoms with Crippen LogP contribution in [0.2, 0.25) is 0 Å². The van der Waals surface area contributed by atoms with Crippen LogP contribution in [-0.2, 0) is 0 Å². The number of allylic oxidation sites excluding steroid dienone is 6. The Morgan fingerprint density at radius 3 is 2.52 bits per heavy atom. The lowest BCUT2D eigenvalue weighted by Gasteiger charge is -2.35. The fraction of sp³-hybridized carbons (Fsp3) is 0.760. The van der Waals surface area contributed by atoms with Crippen molar-refractivity contribution in [2.45, 2.75) is 86.5 Å². The molecule has 5 atom stereocenters. The predicted molar refractivity (Wildman–Crippen MR) is 110 cm³/mol. The zero-order valence-electron chi connectivity index (χ0n) is 17.6. The summed E-state index contributed by atoms with van der Waals surface area (Å²) in [6.45, 7) is 14.7. The lowest BCUT2D eigenvalue weighted by Crippen LogP contribution is -2.27. The average Bonchev–Trinajstić information content (AvgIpc) is 3.09. The van der Waals surface area contributed by atoms with E-state index in [1.54, 1.807) is 16.7 Å². The smallest absolute Gasteiger partial charge is 0.000714 e. The third-order valence-electron chi connectivity index (χ3n) is 8.00. The molecule has 0 aromatic carbocycles. The van der Waals surface area contributed by atoms with Crippen LogP contribution in [0, 0.1) is 35.0 Å². The molecule has 3 unspecified atom stereocenters. The first-order valence-corrected chi connectivity index (χ1v) is 10.8. The van der Waals surface area contributed by atoms with Gasteiger partial charge < -0.3 is 0 Å². The van der Waals surface area contributed by atoms with E-state index in [-0.39, 0.29) is 0 Å². The molecular formula is C25H40. The second-order valence-corrected chi connectivity index (χ2v) is 10.1. The van der Waals surface area contributed by atoms with Crippen molar-refractivity contribution in [2.24, 2.45) is 35.0 Å². The van der Waals surface area contributed by atoms with E-state index in [0.717, 1.165) is 36.0 Å². The molecule has 0 amide bonds. The second-order valence-electron chi connectivity index (χ2n) is 10.1. The third-order valence-corrected chi connectivity index (χ3v) is 8.00. The van der Waals surface area contributed by atoms with Gasteiger partial charge in [0.25, 0.3) is 0 Å². The molecule has 0 heterocycles. The Morgan fingerprint density at radius 2 is 1.80 bits per heavy atom. The highest BCUT2D eigenvalue weighted by atomic mass is 14.5. The summed E-state index contributed by atoms with van der Waals surface area (Å²) in [6.07, 6.45) is 17.2. The van der Waals surface area contributed by atoms with E-state index in [1.807, 2.05) is 0 Å². The third kappa shape index (κ3) is 3.83. The van der Waals surface area contributed by atoms with Gasteiger partial charge >= 0.3 is 0 Å². The van der Waals surface area contributed by atoms with Crippen molar-refractivity contribution in [3.63, 3.8) is 0 Å². The fourth-order valence-corrected chi connectivity index (χ4v) is 6.06. The van der Waals surface area contributed by atoms with Crippen molar-refractivity contribution in [1.82, 2.24) is 0 Å². The van der Waals surface area contributed by atoms with Gasteiger partial charge in [-0.1, -0.05) is 62.6 Å². The molecule has 0 aromatic heterocycles. The second kappa shape index (κ2) is 7.45. The SMILES string of the molecule is C/C1=C\C[C@]2(C)CCC(C(C)C)C2C/C=C(\C)C2CC[C@H](C)/C2=C\C1. The Kier molecular flexibility index (Phi) is 5.66. The van der Waals surface area contributed by atoms with E-state index in [2.05, 4.69) is 59.8 Å². The Balaban J connectivity index is 1.95. The first-order valence-electron chi connectivity index (χ1n) is 10.8. The van der Waals surface area contributed by atoms with E-state index < -0.39 is 0 Å². The highest BCUT2D eigenvalue weighted by Gasteiger charge is 2.44. The largest absolute Gasteiger partial charge is 0.0847 e. The van der Waals surface area contributed by atoms with Gasteiger partial charge in [-0.15, -0.1) is 0 Å². The van der Waals surface area contributed by atoms with Crippen molar-refractivity contribution in [1.29, 1.82) is 0 Å². The number of hydrogen-bond acceptors (Lipinski definition) is 0. The zero-order chi connectivity index (χ0) is 18.2. The molecule has 0 aromatic rings. The van der Waals surface area contributed by atoms with Crippen LogP contribution in [-0.4, -0.2) is 0 Å². The molecule has 25 heavy (non-hydrogen) atoms. The molecule has 0 heteroatoms. The summed E-state index contributed by atoms with van der Waals surface area (Å²) in [5.41, 5.74) is 5.48. The van der Waals surface area contributed by atoms with Crippen LogP contribution in [0.15, 0.2) is 34.9 Å². The molecule has 0 saturated heterocycles. The first kappa shape index (κ1) is 19.0. The van der Waals surface area contributed by atoms with E-state index in [1.165, 1.54) is 38.5 Å². The number of fused-ring (bicyclic) bond motifs is 2. The summed E-state index contributed by atoms with van der Waals surface area (Å²) in [5, 5.41) is 0. The molecule has 3 aliphatic carbocycles. The van der Waals surface area contributed by atoms with Crippen molar-refractivity contribution in [3.05, 3.63) is 34.9 Å². The summed E-state index contributed by atoms with van der Waals surface area (Å²) in [7, 11) is 0. The molecule has 140 valence electrons. The van der Waals surface area contributed by atoms with E-state index in [0.29, 0.717) is 5.41 Å². The molecule has 0 bridgehead atoms. The van der Waals surface area contributed by atoms with Crippen molar-refractivity contribution >= 4 is 0 Å². The molecule has 0 spiro atoms. The van der Waals surface area contributed by atoms with Gasteiger partial charge in [0.05, 0.1) is 0 Å². The maximum atomic E-state index is 2.65. The molecule has 0 radical (unpaired) electrons. The standard InChI is InChI=1S/C25H40/c1-17(2)21-14-16-25(6)15-13-18(3)7-10-22-19(4)8-11-23(22)20(5)9-12-24(21)25/h9-10,13,17,19,21,23-24H,7-8,11-12,14-16H2,1-6H3/b18-13+,20-9+,22-10+/t19-,21?,23?,24?,25+/m0/s1.